The van der Waals surface area contributed by atoms with Crippen molar-refractivity contribution in [3.63, 3.8) is 0 Å². The van der Waals surface area contributed by atoms with E-state index in [4.69, 9.17) is 0 Å². The van der Waals surface area contributed by atoms with Crippen LogP contribution in [0, 0.1) is 11.6 Å². The molecule has 4 rings (SSSR count). The first-order chi connectivity index (χ1) is 14.7. The molecule has 10 heteroatoms. The molecule has 0 fully saturated rings. The molecule has 1 N–H and O–H groups in total. The zero-order chi connectivity index (χ0) is 22.2. The number of amides is 1. The van der Waals surface area contributed by atoms with Gasteiger partial charge in [-0.3, -0.25) is 9.20 Å². The van der Waals surface area contributed by atoms with Crippen molar-refractivity contribution in [2.75, 3.05) is 0 Å². The molecule has 2 aromatic carbocycles. The lowest BCUT2D eigenvalue weighted by Gasteiger charge is -2.09. The van der Waals surface area contributed by atoms with Gasteiger partial charge in [0.25, 0.3) is 5.91 Å². The summed E-state index contributed by atoms with van der Waals surface area (Å²) in [7, 11) is 0. The second kappa shape index (κ2) is 7.78. The van der Waals surface area contributed by atoms with Crippen LogP contribution < -0.4 is 5.32 Å². The summed E-state index contributed by atoms with van der Waals surface area (Å²) >= 11 is 0. The van der Waals surface area contributed by atoms with Crippen LogP contribution in [-0.2, 0) is 12.7 Å². The Labute approximate surface area is 172 Å². The number of hydrogen-bond donors (Lipinski definition) is 1. The first-order valence-electron chi connectivity index (χ1n) is 8.97. The van der Waals surface area contributed by atoms with E-state index in [0.717, 1.165) is 24.3 Å². The third-order valence-corrected chi connectivity index (χ3v) is 4.55. The van der Waals surface area contributed by atoms with Gasteiger partial charge in [0.15, 0.2) is 23.1 Å². The predicted molar refractivity (Wildman–Crippen MR) is 101 cm³/mol. The fourth-order valence-corrected chi connectivity index (χ4v) is 2.99. The summed E-state index contributed by atoms with van der Waals surface area (Å²) in [6, 6.07) is 10.9. The zero-order valence-corrected chi connectivity index (χ0v) is 15.6. The van der Waals surface area contributed by atoms with Crippen LogP contribution in [0.15, 0.2) is 60.8 Å². The largest absolute Gasteiger partial charge is 0.416 e. The highest BCUT2D eigenvalue weighted by atomic mass is 19.4. The molecule has 0 radical (unpaired) electrons. The molecule has 0 aliphatic heterocycles. The Morgan fingerprint density at radius 3 is 2.52 bits per heavy atom. The number of carbonyl (C=O) groups excluding carboxylic acids is 1. The van der Waals surface area contributed by atoms with Crippen LogP contribution in [0.3, 0.4) is 0 Å². The van der Waals surface area contributed by atoms with Crippen LogP contribution in [0.25, 0.3) is 17.0 Å². The summed E-state index contributed by atoms with van der Waals surface area (Å²) in [5, 5.41) is 10.4. The minimum absolute atomic E-state index is 0.0449. The number of benzene rings is 2. The van der Waals surface area contributed by atoms with E-state index >= 15 is 0 Å². The van der Waals surface area contributed by atoms with Crippen LogP contribution in [0.2, 0.25) is 0 Å². The molecule has 4 aromatic rings. The van der Waals surface area contributed by atoms with Gasteiger partial charge in [-0.05, 0) is 42.0 Å². The minimum Gasteiger partial charge on any atom is -0.348 e. The lowest BCUT2D eigenvalue weighted by atomic mass is 10.1. The topological polar surface area (TPSA) is 59.3 Å². The van der Waals surface area contributed by atoms with Gasteiger partial charge in [0, 0.05) is 18.3 Å². The lowest BCUT2D eigenvalue weighted by Crippen LogP contribution is -2.23. The molecule has 0 spiro atoms. The highest BCUT2D eigenvalue weighted by Crippen LogP contribution is 2.31. The average Bonchev–Trinajstić information content (AvgIpc) is 3.17. The average molecular weight is 432 g/mol. The van der Waals surface area contributed by atoms with Gasteiger partial charge in [0.05, 0.1) is 11.1 Å². The molecule has 0 aliphatic rings. The predicted octanol–water partition coefficient (Wildman–Crippen LogP) is 4.62. The minimum atomic E-state index is -4.51. The van der Waals surface area contributed by atoms with E-state index in [-0.39, 0.29) is 23.5 Å². The number of pyridine rings is 1. The van der Waals surface area contributed by atoms with Crippen molar-refractivity contribution in [3.8, 4) is 11.4 Å². The quantitative estimate of drug-likeness (QED) is 0.479. The summed E-state index contributed by atoms with van der Waals surface area (Å²) in [4.78, 5) is 12.5. The van der Waals surface area contributed by atoms with Gasteiger partial charge < -0.3 is 5.32 Å². The highest BCUT2D eigenvalue weighted by molar-refractivity contribution is 5.94. The van der Waals surface area contributed by atoms with Crippen molar-refractivity contribution in [2.45, 2.75) is 12.7 Å². The van der Waals surface area contributed by atoms with Crippen molar-refractivity contribution in [1.82, 2.24) is 19.9 Å². The van der Waals surface area contributed by atoms with Crippen molar-refractivity contribution in [3.05, 3.63) is 89.1 Å². The number of aromatic nitrogens is 3. The molecule has 1 amide bonds. The standard InChI is InChI=1S/C21H13F5N4O/c22-16-6-4-12(8-17(16)23)10-27-20(31)14-5-7-18-28-29-19(30(18)11-14)13-2-1-3-15(9-13)21(24,25)26/h1-9,11H,10H2,(H,27,31). The second-order valence-corrected chi connectivity index (χ2v) is 6.68. The molecule has 5 nitrogen and oxygen atoms in total. The normalized spacial score (nSPS) is 11.6. The van der Waals surface area contributed by atoms with E-state index in [1.807, 2.05) is 0 Å². The van der Waals surface area contributed by atoms with E-state index in [1.54, 1.807) is 0 Å². The Bertz CT molecular complexity index is 1280. The van der Waals surface area contributed by atoms with Crippen molar-refractivity contribution >= 4 is 11.6 Å². The van der Waals surface area contributed by atoms with Crippen LogP contribution in [0.1, 0.15) is 21.5 Å². The second-order valence-electron chi connectivity index (χ2n) is 6.68. The molecule has 2 heterocycles. The molecule has 0 bridgehead atoms. The third-order valence-electron chi connectivity index (χ3n) is 4.55. The SMILES string of the molecule is O=C(NCc1ccc(F)c(F)c1)c1ccc2nnc(-c3cccc(C(F)(F)F)c3)n2c1. The molecule has 0 saturated heterocycles. The van der Waals surface area contributed by atoms with E-state index in [9.17, 15) is 26.7 Å². The smallest absolute Gasteiger partial charge is 0.348 e. The third kappa shape index (κ3) is 4.23. The van der Waals surface area contributed by atoms with Gasteiger partial charge in [-0.15, -0.1) is 10.2 Å². The number of halogens is 5. The van der Waals surface area contributed by atoms with E-state index in [2.05, 4.69) is 15.5 Å². The molecule has 158 valence electrons. The first-order valence-corrected chi connectivity index (χ1v) is 8.97. The van der Waals surface area contributed by atoms with Gasteiger partial charge in [0.1, 0.15) is 0 Å². The first kappa shape index (κ1) is 20.5. The number of hydrogen-bond acceptors (Lipinski definition) is 3. The highest BCUT2D eigenvalue weighted by Gasteiger charge is 2.30. The number of fused-ring (bicyclic) bond motifs is 1. The van der Waals surface area contributed by atoms with E-state index in [0.29, 0.717) is 11.2 Å². The Morgan fingerprint density at radius 1 is 0.968 bits per heavy atom. The Hall–Kier alpha value is -3.82. The van der Waals surface area contributed by atoms with Crippen LogP contribution in [0.5, 0.6) is 0 Å². The molecule has 31 heavy (non-hydrogen) atoms. The van der Waals surface area contributed by atoms with Gasteiger partial charge in [-0.1, -0.05) is 18.2 Å². The summed E-state index contributed by atoms with van der Waals surface area (Å²) in [6.07, 6.45) is -3.12. The fourth-order valence-electron chi connectivity index (χ4n) is 2.99. The lowest BCUT2D eigenvalue weighted by molar-refractivity contribution is -0.137. The van der Waals surface area contributed by atoms with Crippen molar-refractivity contribution < 1.29 is 26.7 Å². The Kier molecular flexibility index (Phi) is 5.14. The van der Waals surface area contributed by atoms with Gasteiger partial charge in [-0.2, -0.15) is 13.2 Å². The summed E-state index contributed by atoms with van der Waals surface area (Å²) in [6.45, 7) is -0.0449. The van der Waals surface area contributed by atoms with E-state index < -0.39 is 29.3 Å². The van der Waals surface area contributed by atoms with Gasteiger partial charge in [-0.25, -0.2) is 8.78 Å². The number of nitrogens with one attached hydrogen (secondary N) is 1. The fraction of sp³-hybridized carbons (Fsp3) is 0.0952. The molecule has 2 aromatic heterocycles. The molecule has 0 aliphatic carbocycles. The van der Waals surface area contributed by atoms with Crippen molar-refractivity contribution in [2.24, 2.45) is 0 Å². The summed E-state index contributed by atoms with van der Waals surface area (Å²) in [5.41, 5.74) is 0.235. The summed E-state index contributed by atoms with van der Waals surface area (Å²) < 4.78 is 66.8. The zero-order valence-electron chi connectivity index (χ0n) is 15.6. The molecular formula is C21H13F5N4O. The van der Waals surface area contributed by atoms with Crippen LogP contribution >= 0.6 is 0 Å². The molecular weight excluding hydrogens is 419 g/mol. The van der Waals surface area contributed by atoms with E-state index in [1.165, 1.54) is 40.9 Å². The molecule has 0 unspecified atom stereocenters. The number of alkyl halides is 3. The summed E-state index contributed by atoms with van der Waals surface area (Å²) in [5.74, 6) is -2.40. The number of carbonyl (C=O) groups is 1. The maximum absolute atomic E-state index is 13.3. The monoisotopic (exact) mass is 432 g/mol. The number of nitrogens with zero attached hydrogens (tertiary/aromatic N) is 3. The maximum Gasteiger partial charge on any atom is 0.416 e. The molecule has 0 saturated carbocycles. The van der Waals surface area contributed by atoms with Gasteiger partial charge >= 0.3 is 6.18 Å². The van der Waals surface area contributed by atoms with Crippen molar-refractivity contribution in [1.29, 1.82) is 0 Å². The Balaban J connectivity index is 1.61. The van der Waals surface area contributed by atoms with Crippen LogP contribution in [0.4, 0.5) is 22.0 Å². The van der Waals surface area contributed by atoms with Gasteiger partial charge in [0.2, 0.25) is 0 Å². The molecule has 0 atom stereocenters. The van der Waals surface area contributed by atoms with Crippen LogP contribution in [-0.4, -0.2) is 20.5 Å². The number of rotatable bonds is 4. The Morgan fingerprint density at radius 2 is 1.77 bits per heavy atom. The maximum atomic E-state index is 13.3.